The van der Waals surface area contributed by atoms with E-state index in [9.17, 15) is 9.59 Å². The van der Waals surface area contributed by atoms with Gasteiger partial charge in [0.05, 0.1) is 17.1 Å². The molecular formula is C25H25N5O2. The fourth-order valence-electron chi connectivity index (χ4n) is 3.55. The van der Waals surface area contributed by atoms with Crippen LogP contribution in [0, 0.1) is 13.8 Å². The van der Waals surface area contributed by atoms with Gasteiger partial charge in [-0.1, -0.05) is 36.4 Å². The van der Waals surface area contributed by atoms with Crippen molar-refractivity contribution in [1.82, 2.24) is 24.9 Å². The minimum Gasteiger partial charge on any atom is -0.351 e. The quantitative estimate of drug-likeness (QED) is 0.459. The van der Waals surface area contributed by atoms with Gasteiger partial charge in [0.15, 0.2) is 5.69 Å². The summed E-state index contributed by atoms with van der Waals surface area (Å²) in [4.78, 5) is 25.0. The molecule has 7 heteroatoms. The van der Waals surface area contributed by atoms with E-state index in [0.717, 1.165) is 35.5 Å². The maximum absolute atomic E-state index is 12.6. The highest BCUT2D eigenvalue weighted by Gasteiger charge is 2.15. The van der Waals surface area contributed by atoms with Gasteiger partial charge in [-0.05, 0) is 56.5 Å². The summed E-state index contributed by atoms with van der Waals surface area (Å²) in [5.74, 6) is -0.462. The van der Waals surface area contributed by atoms with Crippen molar-refractivity contribution in [3.63, 3.8) is 0 Å². The number of benzene rings is 2. The number of carbonyl (C=O) groups is 1. The summed E-state index contributed by atoms with van der Waals surface area (Å²) >= 11 is 0. The number of rotatable bonds is 7. The number of para-hydroxylation sites is 2. The van der Waals surface area contributed by atoms with E-state index in [1.165, 1.54) is 6.07 Å². The molecule has 2 aromatic heterocycles. The molecule has 2 aromatic carbocycles. The summed E-state index contributed by atoms with van der Waals surface area (Å²) < 4.78 is 3.48. The number of nitrogens with one attached hydrogen (secondary N) is 1. The maximum Gasteiger partial charge on any atom is 0.275 e. The average molecular weight is 428 g/mol. The molecule has 162 valence electrons. The lowest BCUT2D eigenvalue weighted by molar-refractivity contribution is 0.0945. The molecule has 4 rings (SSSR count). The third kappa shape index (κ3) is 4.67. The Morgan fingerprint density at radius 2 is 1.59 bits per heavy atom. The van der Waals surface area contributed by atoms with E-state index >= 15 is 0 Å². The van der Waals surface area contributed by atoms with Gasteiger partial charge >= 0.3 is 0 Å². The van der Waals surface area contributed by atoms with Crippen LogP contribution in [0.4, 0.5) is 0 Å². The first-order valence-electron chi connectivity index (χ1n) is 10.6. The molecule has 0 aliphatic heterocycles. The van der Waals surface area contributed by atoms with Gasteiger partial charge in [-0.3, -0.25) is 9.59 Å². The van der Waals surface area contributed by atoms with Gasteiger partial charge in [0.25, 0.3) is 5.91 Å². The van der Waals surface area contributed by atoms with E-state index in [4.69, 9.17) is 0 Å². The number of amides is 1. The molecule has 0 spiro atoms. The topological polar surface area (TPSA) is 81.8 Å². The predicted octanol–water partition coefficient (Wildman–Crippen LogP) is 3.40. The maximum atomic E-state index is 12.6. The van der Waals surface area contributed by atoms with Crippen LogP contribution >= 0.6 is 0 Å². The first kappa shape index (κ1) is 21.2. The van der Waals surface area contributed by atoms with Crippen LogP contribution in [0.15, 0.2) is 77.7 Å². The zero-order valence-electron chi connectivity index (χ0n) is 18.2. The van der Waals surface area contributed by atoms with Crippen LogP contribution in [0.2, 0.25) is 0 Å². The zero-order valence-corrected chi connectivity index (χ0v) is 18.2. The zero-order chi connectivity index (χ0) is 22.5. The fourth-order valence-corrected chi connectivity index (χ4v) is 3.55. The van der Waals surface area contributed by atoms with Crippen molar-refractivity contribution in [3.05, 3.63) is 106 Å². The summed E-state index contributed by atoms with van der Waals surface area (Å²) in [6.45, 7) is 4.21. The highest BCUT2D eigenvalue weighted by Crippen LogP contribution is 2.13. The van der Waals surface area contributed by atoms with Crippen LogP contribution < -0.4 is 10.7 Å². The first-order chi connectivity index (χ1) is 15.5. The predicted molar refractivity (Wildman–Crippen MR) is 124 cm³/mol. The molecule has 4 aromatic rings. The van der Waals surface area contributed by atoms with Crippen molar-refractivity contribution in [1.29, 1.82) is 0 Å². The molecular weight excluding hydrogens is 402 g/mol. The molecule has 7 nitrogen and oxygen atoms in total. The second-order valence-corrected chi connectivity index (χ2v) is 7.63. The number of nitrogens with zero attached hydrogens (tertiary/aromatic N) is 4. The summed E-state index contributed by atoms with van der Waals surface area (Å²) in [6, 6.07) is 20.8. The van der Waals surface area contributed by atoms with Gasteiger partial charge in [-0.15, -0.1) is 0 Å². The van der Waals surface area contributed by atoms with E-state index < -0.39 is 5.91 Å². The Morgan fingerprint density at radius 1 is 0.938 bits per heavy atom. The molecule has 0 radical (unpaired) electrons. The second-order valence-electron chi connectivity index (χ2n) is 7.63. The molecule has 0 fully saturated rings. The van der Waals surface area contributed by atoms with Crippen molar-refractivity contribution in [2.75, 3.05) is 6.54 Å². The Bertz CT molecular complexity index is 1280. The average Bonchev–Trinajstić information content (AvgIpc) is 3.18. The van der Waals surface area contributed by atoms with Crippen LogP contribution in [0.1, 0.15) is 33.9 Å². The lowest BCUT2D eigenvalue weighted by atomic mass is 10.1. The van der Waals surface area contributed by atoms with Gasteiger partial charge in [-0.2, -0.15) is 10.2 Å². The molecule has 1 amide bonds. The van der Waals surface area contributed by atoms with Gasteiger partial charge in [-0.25, -0.2) is 9.36 Å². The third-order valence-corrected chi connectivity index (χ3v) is 5.25. The van der Waals surface area contributed by atoms with Crippen molar-refractivity contribution in [2.45, 2.75) is 26.7 Å². The molecule has 0 aliphatic rings. The molecule has 32 heavy (non-hydrogen) atoms. The van der Waals surface area contributed by atoms with Gasteiger partial charge in [0.1, 0.15) is 0 Å². The van der Waals surface area contributed by atoms with Crippen molar-refractivity contribution < 1.29 is 4.79 Å². The minimum atomic E-state index is -0.462. The summed E-state index contributed by atoms with van der Waals surface area (Å²) in [6.07, 6.45) is 3.52. The highest BCUT2D eigenvalue weighted by atomic mass is 16.2. The van der Waals surface area contributed by atoms with E-state index in [-0.39, 0.29) is 11.1 Å². The van der Waals surface area contributed by atoms with Crippen LogP contribution in [-0.4, -0.2) is 32.0 Å². The molecule has 0 bridgehead atoms. The summed E-state index contributed by atoms with van der Waals surface area (Å²) in [5.41, 5.74) is 4.08. The van der Waals surface area contributed by atoms with Crippen molar-refractivity contribution in [3.8, 4) is 11.4 Å². The number of aryl methyl sites for hydroxylation is 3. The fraction of sp³-hybridized carbons (Fsp3) is 0.200. The van der Waals surface area contributed by atoms with E-state index in [2.05, 4.69) is 15.5 Å². The smallest absolute Gasteiger partial charge is 0.275 e. The van der Waals surface area contributed by atoms with Gasteiger partial charge in [0.2, 0.25) is 5.43 Å². The summed E-state index contributed by atoms with van der Waals surface area (Å²) in [5, 5.41) is 11.7. The van der Waals surface area contributed by atoms with Crippen LogP contribution in [0.5, 0.6) is 0 Å². The van der Waals surface area contributed by atoms with Crippen molar-refractivity contribution in [2.24, 2.45) is 0 Å². The Kier molecular flexibility index (Phi) is 6.26. The largest absolute Gasteiger partial charge is 0.351 e. The summed E-state index contributed by atoms with van der Waals surface area (Å²) in [7, 11) is 0. The SMILES string of the molecule is Cc1nn(-c2ccccc2)cc1CCCNC(=O)c1nn(-c2ccccc2)c(C)cc1=O. The molecule has 1 N–H and O–H groups in total. The van der Waals surface area contributed by atoms with Crippen LogP contribution in [0.3, 0.4) is 0 Å². The first-order valence-corrected chi connectivity index (χ1v) is 10.6. The molecule has 0 aliphatic carbocycles. The molecule has 0 unspecified atom stereocenters. The van der Waals surface area contributed by atoms with Crippen molar-refractivity contribution >= 4 is 5.91 Å². The number of carbonyl (C=O) groups excluding carboxylic acids is 1. The standard InChI is InChI=1S/C25H25N5O2/c1-18-16-23(31)24(28-30(18)22-13-7-4-8-14-22)25(32)26-15-9-10-20-17-29(27-19(20)2)21-11-5-3-6-12-21/h3-8,11-14,16-17H,9-10,15H2,1-2H3,(H,26,32). The Labute approximate surface area is 186 Å². The number of hydrogen-bond acceptors (Lipinski definition) is 4. The minimum absolute atomic E-state index is 0.104. The number of aromatic nitrogens is 4. The Morgan fingerprint density at radius 3 is 2.28 bits per heavy atom. The Hall–Kier alpha value is -4.00. The second kappa shape index (κ2) is 9.43. The normalized spacial score (nSPS) is 10.8. The van der Waals surface area contributed by atoms with E-state index in [1.54, 1.807) is 11.6 Å². The highest BCUT2D eigenvalue weighted by molar-refractivity contribution is 5.92. The van der Waals surface area contributed by atoms with Crippen LogP contribution in [-0.2, 0) is 6.42 Å². The van der Waals surface area contributed by atoms with Crippen LogP contribution in [0.25, 0.3) is 11.4 Å². The van der Waals surface area contributed by atoms with E-state index in [0.29, 0.717) is 12.2 Å². The lowest BCUT2D eigenvalue weighted by Gasteiger charge is -2.11. The number of hydrogen-bond donors (Lipinski definition) is 1. The van der Waals surface area contributed by atoms with Gasteiger partial charge < -0.3 is 5.32 Å². The molecule has 0 saturated heterocycles. The van der Waals surface area contributed by atoms with E-state index in [1.807, 2.05) is 78.5 Å². The molecule has 0 atom stereocenters. The monoisotopic (exact) mass is 427 g/mol. The Balaban J connectivity index is 1.39. The molecule has 2 heterocycles. The van der Waals surface area contributed by atoms with Gasteiger partial charge in [0, 0.05) is 24.5 Å². The third-order valence-electron chi connectivity index (χ3n) is 5.25. The lowest BCUT2D eigenvalue weighted by Crippen LogP contribution is -2.32. The molecule has 0 saturated carbocycles.